The van der Waals surface area contributed by atoms with Crippen LogP contribution in [-0.2, 0) is 4.79 Å². The molecule has 0 spiro atoms. The molecule has 0 amide bonds. The molecule has 0 radical (unpaired) electrons. The van der Waals surface area contributed by atoms with Gasteiger partial charge in [0, 0.05) is 18.9 Å². The highest BCUT2D eigenvalue weighted by molar-refractivity contribution is 5.72. The van der Waals surface area contributed by atoms with Crippen molar-refractivity contribution >= 4 is 11.9 Å². The zero-order valence-corrected chi connectivity index (χ0v) is 9.18. The van der Waals surface area contributed by atoms with Crippen LogP contribution in [0.5, 0.6) is 0 Å². The van der Waals surface area contributed by atoms with Gasteiger partial charge in [-0.1, -0.05) is 0 Å². The summed E-state index contributed by atoms with van der Waals surface area (Å²) in [5.74, 6) is -0.416. The van der Waals surface area contributed by atoms with Gasteiger partial charge in [0.2, 0.25) is 5.95 Å². The first kappa shape index (κ1) is 12.4. The van der Waals surface area contributed by atoms with E-state index in [0.29, 0.717) is 25.3 Å². The molecule has 0 aliphatic rings. The zero-order valence-electron chi connectivity index (χ0n) is 9.18. The largest absolute Gasteiger partial charge is 0.480 e. The molecule has 0 bridgehead atoms. The average molecular weight is 224 g/mol. The second-order valence-corrected chi connectivity index (χ2v) is 3.60. The fourth-order valence-electron chi connectivity index (χ4n) is 1.13. The van der Waals surface area contributed by atoms with Crippen LogP contribution < -0.4 is 11.1 Å². The van der Waals surface area contributed by atoms with Gasteiger partial charge in [-0.05, 0) is 25.3 Å². The van der Waals surface area contributed by atoms with E-state index in [-0.39, 0.29) is 0 Å². The lowest BCUT2D eigenvalue weighted by molar-refractivity contribution is -0.138. The summed E-state index contributed by atoms with van der Waals surface area (Å²) in [5.41, 5.74) is 6.36. The van der Waals surface area contributed by atoms with Crippen molar-refractivity contribution in [2.75, 3.05) is 11.9 Å². The Bertz CT molecular complexity index is 339. The molecule has 0 aliphatic carbocycles. The summed E-state index contributed by atoms with van der Waals surface area (Å²) in [4.78, 5) is 18.6. The highest BCUT2D eigenvalue weighted by Gasteiger charge is 2.09. The summed E-state index contributed by atoms with van der Waals surface area (Å²) in [5, 5.41) is 11.6. The van der Waals surface area contributed by atoms with Crippen molar-refractivity contribution in [2.24, 2.45) is 5.73 Å². The first-order valence-corrected chi connectivity index (χ1v) is 5.10. The van der Waals surface area contributed by atoms with E-state index < -0.39 is 12.0 Å². The van der Waals surface area contributed by atoms with Crippen molar-refractivity contribution in [2.45, 2.75) is 25.8 Å². The predicted molar refractivity (Wildman–Crippen MR) is 60.1 cm³/mol. The minimum absolute atomic E-state index is 0.439. The molecule has 0 saturated heterocycles. The molecule has 0 saturated carbocycles. The quantitative estimate of drug-likeness (QED) is 0.604. The van der Waals surface area contributed by atoms with E-state index in [0.717, 1.165) is 5.56 Å². The van der Waals surface area contributed by atoms with E-state index in [1.165, 1.54) is 0 Å². The van der Waals surface area contributed by atoms with Gasteiger partial charge in [-0.25, -0.2) is 9.97 Å². The lowest BCUT2D eigenvalue weighted by atomic mass is 10.2. The number of anilines is 1. The summed E-state index contributed by atoms with van der Waals surface area (Å²) in [6, 6.07) is -0.791. The summed E-state index contributed by atoms with van der Waals surface area (Å²) >= 11 is 0. The van der Waals surface area contributed by atoms with Crippen LogP contribution in [0.15, 0.2) is 12.4 Å². The number of nitrogens with one attached hydrogen (secondary N) is 1. The molecule has 0 aromatic carbocycles. The van der Waals surface area contributed by atoms with Crippen molar-refractivity contribution in [1.29, 1.82) is 0 Å². The number of aliphatic carboxylic acids is 1. The fourth-order valence-corrected chi connectivity index (χ4v) is 1.13. The lowest BCUT2D eigenvalue weighted by Crippen LogP contribution is -2.30. The molecule has 0 fully saturated rings. The van der Waals surface area contributed by atoms with E-state index >= 15 is 0 Å². The van der Waals surface area contributed by atoms with Crippen LogP contribution in [0.3, 0.4) is 0 Å². The van der Waals surface area contributed by atoms with Crippen LogP contribution >= 0.6 is 0 Å². The highest BCUT2D eigenvalue weighted by atomic mass is 16.4. The van der Waals surface area contributed by atoms with Crippen LogP contribution in [0, 0.1) is 6.92 Å². The number of nitrogens with zero attached hydrogens (tertiary/aromatic N) is 2. The van der Waals surface area contributed by atoms with Crippen LogP contribution in [-0.4, -0.2) is 33.6 Å². The summed E-state index contributed by atoms with van der Waals surface area (Å²) in [6.07, 6.45) is 4.55. The van der Waals surface area contributed by atoms with Gasteiger partial charge < -0.3 is 16.2 Å². The number of carboxylic acids is 1. The van der Waals surface area contributed by atoms with E-state index in [1.54, 1.807) is 12.4 Å². The Labute approximate surface area is 93.9 Å². The number of carbonyl (C=O) groups is 1. The molecule has 6 nitrogen and oxygen atoms in total. The SMILES string of the molecule is Cc1cnc(NCCC[C@H](N)C(=O)O)nc1. The Balaban J connectivity index is 2.21. The molecule has 6 heteroatoms. The van der Waals surface area contributed by atoms with Gasteiger partial charge in [0.25, 0.3) is 0 Å². The van der Waals surface area contributed by atoms with Crippen molar-refractivity contribution in [1.82, 2.24) is 9.97 Å². The third kappa shape index (κ3) is 4.22. The lowest BCUT2D eigenvalue weighted by Gasteiger charge is -2.07. The molecule has 16 heavy (non-hydrogen) atoms. The first-order chi connectivity index (χ1) is 7.59. The third-order valence-electron chi connectivity index (χ3n) is 2.07. The van der Waals surface area contributed by atoms with Crippen molar-refractivity contribution in [3.63, 3.8) is 0 Å². The smallest absolute Gasteiger partial charge is 0.320 e. The van der Waals surface area contributed by atoms with E-state index in [1.807, 2.05) is 6.92 Å². The fraction of sp³-hybridized carbons (Fsp3) is 0.500. The zero-order chi connectivity index (χ0) is 12.0. The van der Waals surface area contributed by atoms with E-state index in [4.69, 9.17) is 10.8 Å². The van der Waals surface area contributed by atoms with Gasteiger partial charge in [0.05, 0.1) is 0 Å². The standard InChI is InChI=1S/C10H16N4O2/c1-7-5-13-10(14-6-7)12-4-2-3-8(11)9(15)16/h5-6,8H,2-4,11H2,1H3,(H,15,16)(H,12,13,14)/t8-/m0/s1. The number of rotatable bonds is 6. The van der Waals surface area contributed by atoms with Crippen molar-refractivity contribution in [3.8, 4) is 0 Å². The minimum Gasteiger partial charge on any atom is -0.480 e. The van der Waals surface area contributed by atoms with Gasteiger partial charge in [-0.2, -0.15) is 0 Å². The Morgan fingerprint density at radius 1 is 1.56 bits per heavy atom. The maximum Gasteiger partial charge on any atom is 0.320 e. The molecule has 4 N–H and O–H groups in total. The molecule has 1 rings (SSSR count). The molecule has 0 unspecified atom stereocenters. The third-order valence-corrected chi connectivity index (χ3v) is 2.07. The molecule has 1 aromatic rings. The van der Waals surface area contributed by atoms with Crippen LogP contribution in [0.25, 0.3) is 0 Å². The van der Waals surface area contributed by atoms with Gasteiger partial charge >= 0.3 is 5.97 Å². The normalized spacial score (nSPS) is 12.1. The van der Waals surface area contributed by atoms with E-state index in [9.17, 15) is 4.79 Å². The maximum atomic E-state index is 10.4. The second-order valence-electron chi connectivity index (χ2n) is 3.60. The number of aryl methyl sites for hydroxylation is 1. The summed E-state index contributed by atoms with van der Waals surface area (Å²) < 4.78 is 0. The van der Waals surface area contributed by atoms with Crippen LogP contribution in [0.4, 0.5) is 5.95 Å². The number of carboxylic acid groups (broad SMARTS) is 1. The Hall–Kier alpha value is -1.69. The Morgan fingerprint density at radius 2 is 2.19 bits per heavy atom. The molecule has 0 aliphatic heterocycles. The number of nitrogens with two attached hydrogens (primary N) is 1. The topological polar surface area (TPSA) is 101 Å². The Morgan fingerprint density at radius 3 is 2.75 bits per heavy atom. The monoisotopic (exact) mass is 224 g/mol. The number of aromatic nitrogens is 2. The number of hydrogen-bond acceptors (Lipinski definition) is 5. The molecule has 1 atom stereocenters. The first-order valence-electron chi connectivity index (χ1n) is 5.10. The van der Waals surface area contributed by atoms with Gasteiger partial charge in [0.15, 0.2) is 0 Å². The minimum atomic E-state index is -0.966. The average Bonchev–Trinajstić information content (AvgIpc) is 2.26. The Kier molecular flexibility index (Phi) is 4.65. The maximum absolute atomic E-state index is 10.4. The van der Waals surface area contributed by atoms with Crippen LogP contribution in [0.2, 0.25) is 0 Å². The molecule has 88 valence electrons. The molecular formula is C10H16N4O2. The van der Waals surface area contributed by atoms with Crippen molar-refractivity contribution in [3.05, 3.63) is 18.0 Å². The molecule has 1 heterocycles. The summed E-state index contributed by atoms with van der Waals surface area (Å²) in [7, 11) is 0. The molecule has 1 aromatic heterocycles. The number of hydrogen-bond donors (Lipinski definition) is 3. The van der Waals surface area contributed by atoms with Gasteiger partial charge in [-0.3, -0.25) is 4.79 Å². The predicted octanol–water partition coefficient (Wildman–Crippen LogP) is 0.389. The second kappa shape index (κ2) is 6.02. The molecular weight excluding hydrogens is 208 g/mol. The summed E-state index contributed by atoms with van der Waals surface area (Å²) in [6.45, 7) is 2.53. The van der Waals surface area contributed by atoms with Crippen molar-refractivity contribution < 1.29 is 9.90 Å². The highest BCUT2D eigenvalue weighted by Crippen LogP contribution is 2.00. The van der Waals surface area contributed by atoms with Crippen LogP contribution in [0.1, 0.15) is 18.4 Å². The van der Waals surface area contributed by atoms with E-state index in [2.05, 4.69) is 15.3 Å². The van der Waals surface area contributed by atoms with Gasteiger partial charge in [0.1, 0.15) is 6.04 Å². The van der Waals surface area contributed by atoms with Gasteiger partial charge in [-0.15, -0.1) is 0 Å².